The second-order valence-electron chi connectivity index (χ2n) is 7.19. The minimum atomic E-state index is -0.509. The van der Waals surface area contributed by atoms with Gasteiger partial charge in [-0.15, -0.1) is 0 Å². The van der Waals surface area contributed by atoms with Crippen molar-refractivity contribution in [1.29, 1.82) is 0 Å². The van der Waals surface area contributed by atoms with Gasteiger partial charge in [-0.25, -0.2) is 18.5 Å². The van der Waals surface area contributed by atoms with Crippen LogP contribution >= 0.6 is 0 Å². The van der Waals surface area contributed by atoms with Crippen LogP contribution in [0.1, 0.15) is 23.0 Å². The summed E-state index contributed by atoms with van der Waals surface area (Å²) in [6.45, 7) is 3.36. The molecule has 0 aliphatic rings. The molecule has 10 heteroatoms. The van der Waals surface area contributed by atoms with Crippen molar-refractivity contribution < 1.29 is 18.7 Å². The topological polar surface area (TPSA) is 108 Å². The van der Waals surface area contributed by atoms with Crippen LogP contribution in [0.15, 0.2) is 59.5 Å². The Bertz CT molecular complexity index is 1390. The number of aryl methyl sites for hydroxylation is 1. The smallest absolute Gasteiger partial charge is 0.338 e. The molecular weight excluding hydrogens is 429 g/mol. The van der Waals surface area contributed by atoms with E-state index in [1.165, 1.54) is 47.3 Å². The number of carbonyl (C=O) groups excluding carboxylic acids is 2. The van der Waals surface area contributed by atoms with Gasteiger partial charge in [-0.3, -0.25) is 9.59 Å². The first-order valence-corrected chi connectivity index (χ1v) is 10.2. The Balaban J connectivity index is 1.58. The second-order valence-corrected chi connectivity index (χ2v) is 7.19. The van der Waals surface area contributed by atoms with E-state index in [1.54, 1.807) is 26.0 Å². The van der Waals surface area contributed by atoms with Crippen molar-refractivity contribution in [3.05, 3.63) is 82.2 Å². The fourth-order valence-corrected chi connectivity index (χ4v) is 3.35. The van der Waals surface area contributed by atoms with Crippen LogP contribution in [0, 0.1) is 12.7 Å². The quantitative estimate of drug-likeness (QED) is 0.454. The summed E-state index contributed by atoms with van der Waals surface area (Å²) < 4.78 is 20.7. The molecule has 4 aromatic rings. The summed E-state index contributed by atoms with van der Waals surface area (Å²) in [4.78, 5) is 37.4. The molecule has 0 saturated carbocycles. The molecule has 0 spiro atoms. The van der Waals surface area contributed by atoms with Crippen LogP contribution in [0.4, 0.5) is 10.1 Å². The summed E-state index contributed by atoms with van der Waals surface area (Å²) in [5.41, 5.74) is 1.57. The molecule has 168 valence electrons. The van der Waals surface area contributed by atoms with E-state index in [2.05, 4.69) is 15.5 Å². The van der Waals surface area contributed by atoms with Crippen LogP contribution in [0.3, 0.4) is 0 Å². The highest BCUT2D eigenvalue weighted by molar-refractivity contribution is 5.93. The van der Waals surface area contributed by atoms with Gasteiger partial charge in [-0.05, 0) is 62.4 Å². The van der Waals surface area contributed by atoms with Crippen molar-refractivity contribution >= 4 is 28.5 Å². The van der Waals surface area contributed by atoms with Gasteiger partial charge in [0, 0.05) is 11.1 Å². The predicted octanol–water partition coefficient (Wildman–Crippen LogP) is 2.85. The lowest BCUT2D eigenvalue weighted by molar-refractivity contribution is -0.117. The number of hydrogen-bond donors (Lipinski definition) is 1. The van der Waals surface area contributed by atoms with Gasteiger partial charge in [0.15, 0.2) is 0 Å². The maximum absolute atomic E-state index is 13.3. The lowest BCUT2D eigenvalue weighted by Crippen LogP contribution is -2.31. The molecule has 4 rings (SSSR count). The van der Waals surface area contributed by atoms with Gasteiger partial charge in [-0.1, -0.05) is 0 Å². The number of anilines is 1. The average molecular weight is 449 g/mol. The first kappa shape index (κ1) is 21.9. The number of carbonyl (C=O) groups is 2. The van der Waals surface area contributed by atoms with Crippen LogP contribution in [0.5, 0.6) is 0 Å². The summed E-state index contributed by atoms with van der Waals surface area (Å²) in [6.07, 6.45) is 1.51. The minimum Gasteiger partial charge on any atom is -0.462 e. The number of esters is 1. The Morgan fingerprint density at radius 2 is 1.79 bits per heavy atom. The molecule has 0 aliphatic heterocycles. The Labute approximate surface area is 187 Å². The van der Waals surface area contributed by atoms with Crippen molar-refractivity contribution in [1.82, 2.24) is 19.6 Å². The van der Waals surface area contributed by atoms with Crippen molar-refractivity contribution in [3.63, 3.8) is 0 Å². The molecule has 2 aromatic carbocycles. The maximum atomic E-state index is 13.3. The molecule has 0 atom stereocenters. The summed E-state index contributed by atoms with van der Waals surface area (Å²) >= 11 is 0. The Morgan fingerprint density at radius 3 is 2.45 bits per heavy atom. The lowest BCUT2D eigenvalue weighted by atomic mass is 10.2. The Morgan fingerprint density at radius 1 is 1.09 bits per heavy atom. The molecule has 2 heterocycles. The summed E-state index contributed by atoms with van der Waals surface area (Å²) in [6, 6.07) is 11.8. The van der Waals surface area contributed by atoms with Gasteiger partial charge in [0.1, 0.15) is 17.9 Å². The van der Waals surface area contributed by atoms with E-state index >= 15 is 0 Å². The van der Waals surface area contributed by atoms with Gasteiger partial charge < -0.3 is 10.1 Å². The number of aromatic nitrogens is 4. The van der Waals surface area contributed by atoms with Crippen LogP contribution in [0.2, 0.25) is 0 Å². The van der Waals surface area contributed by atoms with Crippen molar-refractivity contribution in [2.45, 2.75) is 20.4 Å². The number of fused-ring (bicyclic) bond motifs is 1. The first-order chi connectivity index (χ1) is 15.9. The van der Waals surface area contributed by atoms with Gasteiger partial charge >= 0.3 is 5.97 Å². The monoisotopic (exact) mass is 449 g/mol. The van der Waals surface area contributed by atoms with E-state index < -0.39 is 23.3 Å². The van der Waals surface area contributed by atoms with E-state index in [4.69, 9.17) is 4.74 Å². The van der Waals surface area contributed by atoms with E-state index in [1.807, 2.05) is 0 Å². The number of halogens is 1. The third-order valence-electron chi connectivity index (χ3n) is 4.91. The zero-order valence-corrected chi connectivity index (χ0v) is 17.9. The second kappa shape index (κ2) is 9.03. The number of nitrogens with zero attached hydrogens (tertiary/aromatic N) is 4. The highest BCUT2D eigenvalue weighted by Crippen LogP contribution is 2.17. The molecule has 9 nitrogen and oxygen atoms in total. The molecule has 0 unspecified atom stereocenters. The number of amides is 1. The third kappa shape index (κ3) is 4.49. The van der Waals surface area contributed by atoms with E-state index in [0.29, 0.717) is 28.0 Å². The lowest BCUT2D eigenvalue weighted by Gasteiger charge is -2.10. The molecule has 1 N–H and O–H groups in total. The fourth-order valence-electron chi connectivity index (χ4n) is 3.35. The molecule has 0 aliphatic carbocycles. The molecule has 0 fully saturated rings. The van der Waals surface area contributed by atoms with Crippen molar-refractivity contribution in [2.75, 3.05) is 11.9 Å². The molecule has 0 bridgehead atoms. The summed E-state index contributed by atoms with van der Waals surface area (Å²) in [5, 5.41) is 11.7. The highest BCUT2D eigenvalue weighted by Gasteiger charge is 2.17. The van der Waals surface area contributed by atoms with Crippen molar-refractivity contribution in [2.24, 2.45) is 0 Å². The fraction of sp³-hybridized carbons (Fsp3) is 0.174. The molecule has 2 aromatic heterocycles. The van der Waals surface area contributed by atoms with Gasteiger partial charge in [0.05, 0.1) is 29.7 Å². The van der Waals surface area contributed by atoms with Gasteiger partial charge in [0.25, 0.3) is 5.56 Å². The molecule has 0 saturated heterocycles. The standard InChI is InChI=1S/C23H20FN5O4/c1-3-33-23(32)15-4-8-17(9-5-15)26-20(30)13-28-22(31)21-19(14(2)27-28)12-25-29(21)18-10-6-16(24)7-11-18/h4-12H,3,13H2,1-2H3,(H,26,30). The molecule has 1 amide bonds. The van der Waals surface area contributed by atoms with Crippen LogP contribution < -0.4 is 10.9 Å². The maximum Gasteiger partial charge on any atom is 0.338 e. The molecule has 0 radical (unpaired) electrons. The average Bonchev–Trinajstić information content (AvgIpc) is 3.24. The van der Waals surface area contributed by atoms with Crippen LogP contribution in [-0.2, 0) is 16.1 Å². The van der Waals surface area contributed by atoms with Crippen LogP contribution in [-0.4, -0.2) is 38.0 Å². The number of nitrogens with one attached hydrogen (secondary N) is 1. The number of ether oxygens (including phenoxy) is 1. The van der Waals surface area contributed by atoms with Gasteiger partial charge in [-0.2, -0.15) is 10.2 Å². The minimum absolute atomic E-state index is 0.237. The van der Waals surface area contributed by atoms with E-state index in [9.17, 15) is 18.8 Å². The third-order valence-corrected chi connectivity index (χ3v) is 4.91. The molecular formula is C23H20FN5O4. The number of hydrogen-bond acceptors (Lipinski definition) is 6. The van der Waals surface area contributed by atoms with E-state index in [-0.39, 0.29) is 18.7 Å². The highest BCUT2D eigenvalue weighted by atomic mass is 19.1. The normalized spacial score (nSPS) is 10.9. The zero-order valence-electron chi connectivity index (χ0n) is 17.9. The Kier molecular flexibility index (Phi) is 5.99. The SMILES string of the molecule is CCOC(=O)c1ccc(NC(=O)Cn2nc(C)c3cnn(-c4ccc(F)cc4)c3c2=O)cc1. The largest absolute Gasteiger partial charge is 0.462 e. The van der Waals surface area contributed by atoms with Crippen molar-refractivity contribution in [3.8, 4) is 5.69 Å². The summed E-state index contributed by atoms with van der Waals surface area (Å²) in [7, 11) is 0. The van der Waals surface area contributed by atoms with Crippen LogP contribution in [0.25, 0.3) is 16.6 Å². The Hall–Kier alpha value is -4.34. The first-order valence-electron chi connectivity index (χ1n) is 10.2. The number of benzene rings is 2. The number of rotatable bonds is 6. The van der Waals surface area contributed by atoms with Gasteiger partial charge in [0.2, 0.25) is 5.91 Å². The predicted molar refractivity (Wildman–Crippen MR) is 119 cm³/mol. The molecule has 33 heavy (non-hydrogen) atoms. The van der Waals surface area contributed by atoms with E-state index in [0.717, 1.165) is 4.68 Å². The zero-order chi connectivity index (χ0) is 23.5. The summed E-state index contributed by atoms with van der Waals surface area (Å²) in [5.74, 6) is -1.33.